The summed E-state index contributed by atoms with van der Waals surface area (Å²) >= 11 is 3.30. The highest BCUT2D eigenvalue weighted by molar-refractivity contribution is 9.10. The fourth-order valence-corrected chi connectivity index (χ4v) is 3.38. The molecule has 0 saturated carbocycles. The first-order valence-electron chi connectivity index (χ1n) is 5.91. The van der Waals surface area contributed by atoms with Crippen LogP contribution >= 0.6 is 15.9 Å². The van der Waals surface area contributed by atoms with Gasteiger partial charge in [-0.1, -0.05) is 28.1 Å². The van der Waals surface area contributed by atoms with Crippen LogP contribution in [-0.2, 0) is 16.6 Å². The Hall–Kier alpha value is -1.37. The largest absolute Gasteiger partial charge is 0.392 e. The lowest BCUT2D eigenvalue weighted by molar-refractivity contribution is 0.281. The van der Waals surface area contributed by atoms with E-state index >= 15 is 0 Å². The number of hydrogen-bond donors (Lipinski definition) is 2. The molecule has 2 N–H and O–H groups in total. The summed E-state index contributed by atoms with van der Waals surface area (Å²) in [7, 11) is -3.67. The second-order valence-electron chi connectivity index (χ2n) is 4.37. The molecule has 0 atom stereocenters. The number of halogens is 1. The van der Waals surface area contributed by atoms with Crippen LogP contribution in [0.1, 0.15) is 11.1 Å². The Labute approximate surface area is 126 Å². The fourth-order valence-electron chi connectivity index (χ4n) is 1.76. The number of aliphatic hydroxyl groups is 1. The monoisotopic (exact) mass is 355 g/mol. The number of anilines is 1. The van der Waals surface area contributed by atoms with Gasteiger partial charge in [0.1, 0.15) is 0 Å². The van der Waals surface area contributed by atoms with Crippen LogP contribution in [0.4, 0.5) is 5.69 Å². The van der Waals surface area contributed by atoms with E-state index < -0.39 is 10.0 Å². The zero-order valence-corrected chi connectivity index (χ0v) is 13.2. The molecular formula is C14H14BrNO3S. The van der Waals surface area contributed by atoms with Gasteiger partial charge in [-0.2, -0.15) is 0 Å². The molecule has 0 aromatic heterocycles. The fraction of sp³-hybridized carbons (Fsp3) is 0.143. The lowest BCUT2D eigenvalue weighted by Crippen LogP contribution is -2.14. The van der Waals surface area contributed by atoms with Crippen molar-refractivity contribution in [3.63, 3.8) is 0 Å². The number of aryl methyl sites for hydroxylation is 1. The van der Waals surface area contributed by atoms with E-state index in [4.69, 9.17) is 5.11 Å². The molecule has 0 fully saturated rings. The molecule has 2 aromatic carbocycles. The second-order valence-corrected chi connectivity index (χ2v) is 6.94. The SMILES string of the molecule is Cc1ccc(CO)cc1S(=O)(=O)Nc1ccc(Br)cc1. The Morgan fingerprint density at radius 1 is 1.15 bits per heavy atom. The highest BCUT2D eigenvalue weighted by Crippen LogP contribution is 2.22. The van der Waals surface area contributed by atoms with Gasteiger partial charge in [0.2, 0.25) is 0 Å². The van der Waals surface area contributed by atoms with E-state index in [1.54, 1.807) is 43.3 Å². The first kappa shape index (κ1) is 15.0. The van der Waals surface area contributed by atoms with Gasteiger partial charge >= 0.3 is 0 Å². The van der Waals surface area contributed by atoms with E-state index in [2.05, 4.69) is 20.7 Å². The Bertz CT molecular complexity index is 712. The molecule has 0 amide bonds. The van der Waals surface area contributed by atoms with Crippen LogP contribution in [-0.4, -0.2) is 13.5 Å². The van der Waals surface area contributed by atoms with Crippen molar-refractivity contribution in [2.75, 3.05) is 4.72 Å². The van der Waals surface area contributed by atoms with Crippen molar-refractivity contribution in [2.24, 2.45) is 0 Å². The zero-order valence-electron chi connectivity index (χ0n) is 10.8. The molecule has 0 radical (unpaired) electrons. The molecule has 0 unspecified atom stereocenters. The Morgan fingerprint density at radius 2 is 1.80 bits per heavy atom. The average Bonchev–Trinajstić information content (AvgIpc) is 2.41. The van der Waals surface area contributed by atoms with Gasteiger partial charge in [-0.3, -0.25) is 4.72 Å². The predicted molar refractivity (Wildman–Crippen MR) is 82.1 cm³/mol. The maximum Gasteiger partial charge on any atom is 0.262 e. The summed E-state index contributed by atoms with van der Waals surface area (Å²) in [6.45, 7) is 1.53. The number of rotatable bonds is 4. The second kappa shape index (κ2) is 5.95. The van der Waals surface area contributed by atoms with Crippen LogP contribution in [0.3, 0.4) is 0 Å². The van der Waals surface area contributed by atoms with Crippen molar-refractivity contribution >= 4 is 31.6 Å². The van der Waals surface area contributed by atoms with Crippen LogP contribution < -0.4 is 4.72 Å². The highest BCUT2D eigenvalue weighted by atomic mass is 79.9. The smallest absolute Gasteiger partial charge is 0.262 e. The number of aliphatic hydroxyl groups excluding tert-OH is 1. The molecule has 0 heterocycles. The van der Waals surface area contributed by atoms with Crippen LogP contribution in [0.5, 0.6) is 0 Å². The standard InChI is InChI=1S/C14H14BrNO3S/c1-10-2-3-11(9-17)8-14(10)20(18,19)16-13-6-4-12(15)5-7-13/h2-8,16-17H,9H2,1H3. The zero-order chi connectivity index (χ0) is 14.8. The summed E-state index contributed by atoms with van der Waals surface area (Å²) in [5.74, 6) is 0. The lowest BCUT2D eigenvalue weighted by Gasteiger charge is -2.11. The van der Waals surface area contributed by atoms with E-state index in [9.17, 15) is 8.42 Å². The van der Waals surface area contributed by atoms with Crippen molar-refractivity contribution in [1.29, 1.82) is 0 Å². The molecule has 0 aliphatic carbocycles. The van der Waals surface area contributed by atoms with E-state index in [1.807, 2.05) is 0 Å². The Morgan fingerprint density at radius 3 is 2.40 bits per heavy atom. The third kappa shape index (κ3) is 3.39. The summed E-state index contributed by atoms with van der Waals surface area (Å²) < 4.78 is 28.1. The molecule has 4 nitrogen and oxygen atoms in total. The van der Waals surface area contributed by atoms with Gasteiger partial charge in [0.05, 0.1) is 11.5 Å². The third-order valence-corrected chi connectivity index (χ3v) is 4.87. The predicted octanol–water partition coefficient (Wildman–Crippen LogP) is 3.05. The number of sulfonamides is 1. The van der Waals surface area contributed by atoms with Crippen molar-refractivity contribution < 1.29 is 13.5 Å². The van der Waals surface area contributed by atoms with Gasteiger partial charge in [-0.25, -0.2) is 8.42 Å². The van der Waals surface area contributed by atoms with Crippen LogP contribution in [0, 0.1) is 6.92 Å². The summed E-state index contributed by atoms with van der Waals surface area (Å²) in [4.78, 5) is 0.173. The summed E-state index contributed by atoms with van der Waals surface area (Å²) in [6, 6.07) is 11.7. The molecular weight excluding hydrogens is 342 g/mol. The summed E-state index contributed by atoms with van der Waals surface area (Å²) in [5.41, 5.74) is 1.68. The molecule has 6 heteroatoms. The van der Waals surface area contributed by atoms with E-state index in [1.165, 1.54) is 6.07 Å². The van der Waals surface area contributed by atoms with Crippen molar-refractivity contribution in [3.05, 3.63) is 58.1 Å². The van der Waals surface area contributed by atoms with Gasteiger partial charge in [-0.15, -0.1) is 0 Å². The normalized spacial score (nSPS) is 11.3. The maximum atomic E-state index is 12.4. The number of hydrogen-bond acceptors (Lipinski definition) is 3. The van der Waals surface area contributed by atoms with E-state index in [0.29, 0.717) is 16.8 Å². The van der Waals surface area contributed by atoms with Crippen molar-refractivity contribution in [1.82, 2.24) is 0 Å². The van der Waals surface area contributed by atoms with Crippen molar-refractivity contribution in [2.45, 2.75) is 18.4 Å². The van der Waals surface area contributed by atoms with Gasteiger partial charge in [-0.05, 0) is 48.4 Å². The first-order chi connectivity index (χ1) is 9.42. The molecule has 20 heavy (non-hydrogen) atoms. The molecule has 0 spiro atoms. The molecule has 2 aromatic rings. The minimum Gasteiger partial charge on any atom is -0.392 e. The molecule has 0 bridgehead atoms. The summed E-state index contributed by atoms with van der Waals surface area (Å²) in [5, 5.41) is 9.12. The Kier molecular flexibility index (Phi) is 4.47. The number of benzene rings is 2. The quantitative estimate of drug-likeness (QED) is 0.885. The molecule has 0 saturated heterocycles. The van der Waals surface area contributed by atoms with Gasteiger partial charge in [0, 0.05) is 10.2 Å². The van der Waals surface area contributed by atoms with Gasteiger partial charge < -0.3 is 5.11 Å². The van der Waals surface area contributed by atoms with Gasteiger partial charge in [0.15, 0.2) is 0 Å². The molecule has 0 aliphatic heterocycles. The van der Waals surface area contributed by atoms with Crippen LogP contribution in [0.15, 0.2) is 51.8 Å². The number of nitrogens with one attached hydrogen (secondary N) is 1. The minimum absolute atomic E-state index is 0.173. The van der Waals surface area contributed by atoms with Crippen LogP contribution in [0.25, 0.3) is 0 Å². The lowest BCUT2D eigenvalue weighted by atomic mass is 10.2. The van der Waals surface area contributed by atoms with E-state index in [0.717, 1.165) is 4.47 Å². The minimum atomic E-state index is -3.67. The maximum absolute atomic E-state index is 12.4. The molecule has 106 valence electrons. The summed E-state index contributed by atoms with van der Waals surface area (Å²) in [6.07, 6.45) is 0. The molecule has 2 rings (SSSR count). The Balaban J connectivity index is 2.37. The van der Waals surface area contributed by atoms with Gasteiger partial charge in [0.25, 0.3) is 10.0 Å². The highest BCUT2D eigenvalue weighted by Gasteiger charge is 2.17. The van der Waals surface area contributed by atoms with Crippen molar-refractivity contribution in [3.8, 4) is 0 Å². The van der Waals surface area contributed by atoms with Crippen LogP contribution in [0.2, 0.25) is 0 Å². The average molecular weight is 356 g/mol. The third-order valence-electron chi connectivity index (χ3n) is 2.82. The molecule has 0 aliphatic rings. The first-order valence-corrected chi connectivity index (χ1v) is 8.19. The topological polar surface area (TPSA) is 66.4 Å². The van der Waals surface area contributed by atoms with E-state index in [-0.39, 0.29) is 11.5 Å².